The van der Waals surface area contributed by atoms with E-state index in [9.17, 15) is 58.2 Å². The standard InChI is InChI=1S/C43H73N7O16/c1-19(2)17-29-39(58)49(14)28(18-51)37(56)44-22(7)38(57)48(13)23(8)36(55)47-32(35(21(5)6)66-42(61)31(46-27(12)53)34(54)20(3)4)40(59)50(15)33(25(10)63-16)43(62)64-24(9)30(41(60)65-29)45-26(11)52/h19-25,28-35,51,54H,17-18H2,1-16H3,(H,44,56)(H,45,52)(H,46,53)(H,47,55)/t22-,23-,24+,25+,28+,29+,30-,31-,32-,33-,34+,35+/m0/s1. The van der Waals surface area contributed by atoms with Crippen LogP contribution < -0.4 is 21.3 Å². The lowest BCUT2D eigenvalue weighted by atomic mass is 9.95. The van der Waals surface area contributed by atoms with Crippen molar-refractivity contribution in [2.45, 2.75) is 162 Å². The number of ether oxygens (including phenoxy) is 4. The summed E-state index contributed by atoms with van der Waals surface area (Å²) in [5.74, 6) is -11.6. The van der Waals surface area contributed by atoms with Crippen molar-refractivity contribution in [2.24, 2.45) is 17.8 Å². The summed E-state index contributed by atoms with van der Waals surface area (Å²) in [5, 5.41) is 30.9. The van der Waals surface area contributed by atoms with Crippen LogP contribution in [0.1, 0.15) is 89.5 Å². The van der Waals surface area contributed by atoms with Crippen molar-refractivity contribution in [3.63, 3.8) is 0 Å². The Morgan fingerprint density at radius 2 is 1.33 bits per heavy atom. The van der Waals surface area contributed by atoms with Crippen LogP contribution in [0.3, 0.4) is 0 Å². The first kappa shape index (κ1) is 58.6. The third-order valence-electron chi connectivity index (χ3n) is 11.2. The van der Waals surface area contributed by atoms with Crippen molar-refractivity contribution >= 4 is 59.3 Å². The van der Waals surface area contributed by atoms with E-state index in [-0.39, 0.29) is 12.3 Å². The predicted octanol–water partition coefficient (Wildman–Crippen LogP) is -2.00. The van der Waals surface area contributed by atoms with Gasteiger partial charge in [-0.25, -0.2) is 14.4 Å². The quantitative estimate of drug-likeness (QED) is 0.0860. The second-order valence-corrected chi connectivity index (χ2v) is 17.8. The zero-order valence-electron chi connectivity index (χ0n) is 41.0. The summed E-state index contributed by atoms with van der Waals surface area (Å²) in [6.45, 7) is 16.1. The fourth-order valence-corrected chi connectivity index (χ4v) is 6.95. The van der Waals surface area contributed by atoms with Gasteiger partial charge in [-0.2, -0.15) is 0 Å². The zero-order chi connectivity index (χ0) is 51.2. The highest BCUT2D eigenvalue weighted by atomic mass is 16.6. The Balaban J connectivity index is 4.19. The lowest BCUT2D eigenvalue weighted by Crippen LogP contribution is -2.64. The molecule has 1 aliphatic rings. The summed E-state index contributed by atoms with van der Waals surface area (Å²) in [4.78, 5) is 140. The molecular weight excluding hydrogens is 871 g/mol. The summed E-state index contributed by atoms with van der Waals surface area (Å²) in [7, 11) is 4.78. The lowest BCUT2D eigenvalue weighted by Gasteiger charge is -2.38. The molecule has 0 aromatic rings. The second-order valence-electron chi connectivity index (χ2n) is 17.8. The summed E-state index contributed by atoms with van der Waals surface area (Å²) in [5.41, 5.74) is 0. The molecule has 0 aromatic carbocycles. The number of nitrogens with zero attached hydrogens (tertiary/aromatic N) is 3. The topological polar surface area (TPSA) is 306 Å². The molecule has 1 aliphatic heterocycles. The molecule has 23 heteroatoms. The van der Waals surface area contributed by atoms with E-state index in [1.807, 2.05) is 0 Å². The zero-order valence-corrected chi connectivity index (χ0v) is 41.0. The van der Waals surface area contributed by atoms with Crippen LogP contribution in [0.25, 0.3) is 0 Å². The minimum atomic E-state index is -1.86. The van der Waals surface area contributed by atoms with E-state index in [0.29, 0.717) is 0 Å². The maximum Gasteiger partial charge on any atom is 0.333 e. The van der Waals surface area contributed by atoms with Gasteiger partial charge in [0.2, 0.25) is 35.4 Å². The fraction of sp³-hybridized carbons (Fsp3) is 0.767. The van der Waals surface area contributed by atoms with Gasteiger partial charge in [-0.05, 0) is 51.9 Å². The normalized spacial score (nSPS) is 26.9. The predicted molar refractivity (Wildman–Crippen MR) is 234 cm³/mol. The molecule has 0 bridgehead atoms. The van der Waals surface area contributed by atoms with E-state index in [4.69, 9.17) is 18.9 Å². The average Bonchev–Trinajstić information content (AvgIpc) is 3.22. The highest BCUT2D eigenvalue weighted by molar-refractivity contribution is 5.97. The lowest BCUT2D eigenvalue weighted by molar-refractivity contribution is -0.175. The van der Waals surface area contributed by atoms with E-state index in [1.165, 1.54) is 62.7 Å². The van der Waals surface area contributed by atoms with Crippen molar-refractivity contribution < 1.29 is 77.1 Å². The molecule has 1 rings (SSSR count). The molecule has 7 amide bonds. The number of carbonyl (C=O) groups excluding carboxylic acids is 10. The van der Waals surface area contributed by atoms with Gasteiger partial charge in [0.15, 0.2) is 24.2 Å². The van der Waals surface area contributed by atoms with Gasteiger partial charge in [-0.1, -0.05) is 41.5 Å². The third-order valence-corrected chi connectivity index (χ3v) is 11.2. The molecule has 1 fully saturated rings. The molecule has 6 N–H and O–H groups in total. The third kappa shape index (κ3) is 15.9. The second kappa shape index (κ2) is 26.1. The number of likely N-dealkylation sites (N-methyl/N-ethyl adjacent to an activating group) is 3. The molecule has 0 spiro atoms. The van der Waals surface area contributed by atoms with Crippen LogP contribution in [-0.4, -0.2) is 192 Å². The van der Waals surface area contributed by atoms with Crippen LogP contribution in [0, 0.1) is 17.8 Å². The van der Waals surface area contributed by atoms with Gasteiger partial charge in [0, 0.05) is 42.1 Å². The molecule has 0 unspecified atom stereocenters. The molecule has 376 valence electrons. The molecule has 0 radical (unpaired) electrons. The van der Waals surface area contributed by atoms with E-state index < -0.39 is 151 Å². The maximum atomic E-state index is 14.9. The molecule has 12 atom stereocenters. The van der Waals surface area contributed by atoms with Gasteiger partial charge >= 0.3 is 17.9 Å². The largest absolute Gasteiger partial charge is 0.458 e. The molecule has 23 nitrogen and oxygen atoms in total. The number of carbonyl (C=O) groups is 10. The number of rotatable bonds is 13. The first-order valence-corrected chi connectivity index (χ1v) is 21.8. The summed E-state index contributed by atoms with van der Waals surface area (Å²) in [6, 6.07) is -11.3. The maximum absolute atomic E-state index is 14.9. The Bertz CT molecular complexity index is 1760. The van der Waals surface area contributed by atoms with Crippen LogP contribution in [0.15, 0.2) is 0 Å². The number of esters is 3. The van der Waals surface area contributed by atoms with Gasteiger partial charge in [-0.3, -0.25) is 33.6 Å². The van der Waals surface area contributed by atoms with Gasteiger partial charge in [0.1, 0.15) is 36.4 Å². The molecule has 66 heavy (non-hydrogen) atoms. The Labute approximate surface area is 386 Å². The van der Waals surface area contributed by atoms with Crippen LogP contribution >= 0.6 is 0 Å². The van der Waals surface area contributed by atoms with Crippen LogP contribution in [-0.2, 0) is 66.9 Å². The van der Waals surface area contributed by atoms with Crippen molar-refractivity contribution in [3.8, 4) is 0 Å². The summed E-state index contributed by atoms with van der Waals surface area (Å²) >= 11 is 0. The Morgan fingerprint density at radius 1 is 0.758 bits per heavy atom. The van der Waals surface area contributed by atoms with E-state index in [0.717, 1.165) is 35.6 Å². The fourth-order valence-electron chi connectivity index (χ4n) is 6.95. The van der Waals surface area contributed by atoms with Crippen molar-refractivity contribution in [3.05, 3.63) is 0 Å². The summed E-state index contributed by atoms with van der Waals surface area (Å²) < 4.78 is 22.7. The monoisotopic (exact) mass is 944 g/mol. The minimum absolute atomic E-state index is 0.102. The van der Waals surface area contributed by atoms with Gasteiger partial charge in [-0.15, -0.1) is 0 Å². The number of hydrogen-bond acceptors (Lipinski definition) is 16. The number of aliphatic hydroxyl groups is 2. The minimum Gasteiger partial charge on any atom is -0.458 e. The number of hydrogen-bond donors (Lipinski definition) is 6. The van der Waals surface area contributed by atoms with Crippen LogP contribution in [0.4, 0.5) is 0 Å². The van der Waals surface area contributed by atoms with E-state index >= 15 is 0 Å². The molecule has 0 aromatic heterocycles. The molecular formula is C43H73N7O16. The van der Waals surface area contributed by atoms with Crippen LogP contribution in [0.2, 0.25) is 0 Å². The van der Waals surface area contributed by atoms with Gasteiger partial charge in [0.05, 0.1) is 18.8 Å². The average molecular weight is 944 g/mol. The molecule has 1 heterocycles. The summed E-state index contributed by atoms with van der Waals surface area (Å²) in [6.07, 6.45) is -7.49. The molecule has 0 saturated carbocycles. The van der Waals surface area contributed by atoms with Gasteiger partial charge in [0.25, 0.3) is 5.91 Å². The highest BCUT2D eigenvalue weighted by Crippen LogP contribution is 2.22. The smallest absolute Gasteiger partial charge is 0.333 e. The molecule has 1 saturated heterocycles. The first-order valence-electron chi connectivity index (χ1n) is 21.8. The number of aliphatic hydroxyl groups excluding tert-OH is 2. The van der Waals surface area contributed by atoms with Crippen molar-refractivity contribution in [1.82, 2.24) is 36.0 Å². The number of amides is 7. The SMILES string of the molecule is CO[C@H](C)[C@H]1C(=O)O[C@H](C)[C@H](NC(C)=O)C(=O)O[C@H](CC(C)C)C(=O)N(C)[C@H](CO)C(=O)N[C@@H](C)C(=O)N(C)[C@@H](C)C(=O)N[C@@H]([C@H](OC(=O)[C@@H](NC(C)=O)[C@H](O)C(C)C)C(C)C)C(=O)N1C. The Hall–Kier alpha value is -5.42. The number of cyclic esters (lactones) is 2. The van der Waals surface area contributed by atoms with Crippen molar-refractivity contribution in [2.75, 3.05) is 34.9 Å². The van der Waals surface area contributed by atoms with E-state index in [1.54, 1.807) is 27.7 Å². The highest BCUT2D eigenvalue weighted by Gasteiger charge is 2.46. The first-order chi connectivity index (χ1) is 30.4. The number of nitrogens with one attached hydrogen (secondary N) is 4. The van der Waals surface area contributed by atoms with Gasteiger partial charge < -0.3 is 65.1 Å². The number of methoxy groups -OCH3 is 1. The Kier molecular flexibility index (Phi) is 23.1. The van der Waals surface area contributed by atoms with E-state index in [2.05, 4.69) is 21.3 Å². The molecule has 0 aliphatic carbocycles. The van der Waals surface area contributed by atoms with Crippen LogP contribution in [0.5, 0.6) is 0 Å². The Morgan fingerprint density at radius 3 is 1.80 bits per heavy atom. The van der Waals surface area contributed by atoms with Crippen molar-refractivity contribution in [1.29, 1.82) is 0 Å².